The predicted molar refractivity (Wildman–Crippen MR) is 45.7 cm³/mol. The third-order valence-corrected chi connectivity index (χ3v) is 2.69. The fraction of sp³-hybridized carbons (Fsp3) is 0.400. The summed E-state index contributed by atoms with van der Waals surface area (Å²) in [4.78, 5) is 0. The van der Waals surface area contributed by atoms with E-state index in [1.165, 1.54) is 0 Å². The molecule has 0 radical (unpaired) electrons. The van der Waals surface area contributed by atoms with E-state index in [2.05, 4.69) is 27.7 Å². The monoisotopic (exact) mass is 256 g/mol. The van der Waals surface area contributed by atoms with Gasteiger partial charge in [0.15, 0.2) is 0 Å². The molecule has 0 amide bonds. The Labute approximate surface area is 72.3 Å². The number of aromatic nitrogens is 2. The number of hydrogen-bond acceptors (Lipinski definition) is 1. The lowest BCUT2D eigenvalue weighted by atomic mass is 10.4. The van der Waals surface area contributed by atoms with Crippen LogP contribution in [-0.4, -0.2) is 9.78 Å². The van der Waals surface area contributed by atoms with E-state index in [1.54, 1.807) is 4.68 Å². The largest absolute Gasteiger partial charge is 0.256 e. The van der Waals surface area contributed by atoms with Gasteiger partial charge in [-0.3, -0.25) is 4.68 Å². The lowest BCUT2D eigenvalue weighted by molar-refractivity contribution is 0.760. The van der Waals surface area contributed by atoms with Gasteiger partial charge in [-0.2, -0.15) is 5.10 Å². The van der Waals surface area contributed by atoms with Gasteiger partial charge in [-0.15, -0.1) is 0 Å². The van der Waals surface area contributed by atoms with Gasteiger partial charge in [0.25, 0.3) is 0 Å². The van der Waals surface area contributed by atoms with Gasteiger partial charge in [-0.1, -0.05) is 11.6 Å². The summed E-state index contributed by atoms with van der Waals surface area (Å²) >= 11 is 7.95. The zero-order valence-electron chi connectivity index (χ0n) is 5.15. The van der Waals surface area contributed by atoms with E-state index in [4.69, 9.17) is 11.6 Å². The summed E-state index contributed by atoms with van der Waals surface area (Å²) in [5.74, 6) is 0. The summed E-state index contributed by atoms with van der Waals surface area (Å²) < 4.78 is 2.64. The first-order chi connectivity index (χ1) is 4.13. The van der Waals surface area contributed by atoms with Crippen molar-refractivity contribution < 1.29 is 0 Å². The molecule has 0 unspecified atom stereocenters. The highest BCUT2D eigenvalue weighted by molar-refractivity contribution is 14.1. The van der Waals surface area contributed by atoms with Crippen LogP contribution in [0.5, 0.6) is 0 Å². The van der Waals surface area contributed by atoms with Crippen molar-refractivity contribution in [2.75, 3.05) is 0 Å². The number of hydrogen-bond donors (Lipinski definition) is 0. The Morgan fingerprint density at radius 3 is 2.33 bits per heavy atom. The molecule has 0 fully saturated rings. The lowest BCUT2D eigenvalue weighted by Gasteiger charge is -1.87. The maximum atomic E-state index is 5.79. The van der Waals surface area contributed by atoms with Crippen molar-refractivity contribution in [1.82, 2.24) is 9.78 Å². The zero-order valence-corrected chi connectivity index (χ0v) is 8.06. The first kappa shape index (κ1) is 7.34. The number of nitrogens with zero attached hydrogens (tertiary/aromatic N) is 2. The highest BCUT2D eigenvalue weighted by atomic mass is 127. The molecule has 2 nitrogen and oxygen atoms in total. The Kier molecular flexibility index (Phi) is 2.00. The highest BCUT2D eigenvalue weighted by Gasteiger charge is 2.05. The van der Waals surface area contributed by atoms with Gasteiger partial charge in [0.1, 0.15) is 8.85 Å². The molecule has 0 saturated heterocycles. The maximum absolute atomic E-state index is 5.79. The minimum atomic E-state index is 0.722. The molecule has 0 aliphatic rings. The van der Waals surface area contributed by atoms with Crippen molar-refractivity contribution in [2.24, 2.45) is 7.05 Å². The molecule has 1 aromatic rings. The first-order valence-electron chi connectivity index (χ1n) is 2.47. The second-order valence-electron chi connectivity index (χ2n) is 1.83. The van der Waals surface area contributed by atoms with Crippen LogP contribution in [0.2, 0.25) is 5.15 Å². The third kappa shape index (κ3) is 1.21. The highest BCUT2D eigenvalue weighted by Crippen LogP contribution is 2.18. The molecule has 0 spiro atoms. The minimum Gasteiger partial charge on any atom is -0.256 e. The summed E-state index contributed by atoms with van der Waals surface area (Å²) in [5.41, 5.74) is 1.06. The molecule has 4 heteroatoms. The van der Waals surface area contributed by atoms with Crippen LogP contribution < -0.4 is 0 Å². The molecule has 9 heavy (non-hydrogen) atoms. The molecule has 1 rings (SSSR count). The van der Waals surface area contributed by atoms with E-state index >= 15 is 0 Å². The van der Waals surface area contributed by atoms with Crippen LogP contribution in [0.3, 0.4) is 0 Å². The Balaban J connectivity index is 3.29. The van der Waals surface area contributed by atoms with Gasteiger partial charge >= 0.3 is 0 Å². The Morgan fingerprint density at radius 1 is 1.67 bits per heavy atom. The standard InChI is InChI=1S/C5H6ClIN2/c1-3-4(6)9(2)8-5(3)7/h1-2H3. The summed E-state index contributed by atoms with van der Waals surface area (Å²) in [6, 6.07) is 0. The smallest absolute Gasteiger partial charge is 0.130 e. The second-order valence-corrected chi connectivity index (χ2v) is 3.21. The Bertz CT molecular complexity index is 209. The van der Waals surface area contributed by atoms with Crippen LogP contribution in [-0.2, 0) is 7.05 Å². The fourth-order valence-electron chi connectivity index (χ4n) is 0.578. The van der Waals surface area contributed by atoms with Gasteiger partial charge in [-0.05, 0) is 29.5 Å². The van der Waals surface area contributed by atoms with Gasteiger partial charge in [-0.25, -0.2) is 0 Å². The van der Waals surface area contributed by atoms with Crippen LogP contribution >= 0.6 is 34.2 Å². The first-order valence-corrected chi connectivity index (χ1v) is 3.93. The molecule has 0 bridgehead atoms. The van der Waals surface area contributed by atoms with Gasteiger partial charge in [0.05, 0.1) is 0 Å². The van der Waals surface area contributed by atoms with Crippen LogP contribution in [0.25, 0.3) is 0 Å². The number of halogens is 2. The average Bonchev–Trinajstić information content (AvgIpc) is 1.98. The van der Waals surface area contributed by atoms with Crippen LogP contribution in [0.4, 0.5) is 0 Å². The molecule has 0 aromatic carbocycles. The van der Waals surface area contributed by atoms with Crippen molar-refractivity contribution in [1.29, 1.82) is 0 Å². The van der Waals surface area contributed by atoms with E-state index in [0.717, 1.165) is 14.4 Å². The Morgan fingerprint density at radius 2 is 2.22 bits per heavy atom. The summed E-state index contributed by atoms with van der Waals surface area (Å²) in [6.45, 7) is 1.96. The molecule has 0 aliphatic heterocycles. The van der Waals surface area contributed by atoms with Crippen LogP contribution in [0, 0.1) is 10.6 Å². The van der Waals surface area contributed by atoms with Crippen LogP contribution in [0.15, 0.2) is 0 Å². The molecule has 0 saturated carbocycles. The van der Waals surface area contributed by atoms with E-state index < -0.39 is 0 Å². The molecule has 1 heterocycles. The van der Waals surface area contributed by atoms with Crippen molar-refractivity contribution in [3.63, 3.8) is 0 Å². The van der Waals surface area contributed by atoms with Crippen molar-refractivity contribution in [2.45, 2.75) is 6.92 Å². The molecular formula is C5H6ClIN2. The van der Waals surface area contributed by atoms with E-state index in [9.17, 15) is 0 Å². The number of aryl methyl sites for hydroxylation is 1. The topological polar surface area (TPSA) is 17.8 Å². The number of rotatable bonds is 0. The molecule has 0 atom stereocenters. The van der Waals surface area contributed by atoms with Crippen LogP contribution in [0.1, 0.15) is 5.56 Å². The second kappa shape index (κ2) is 2.46. The van der Waals surface area contributed by atoms with Crippen molar-refractivity contribution in [3.8, 4) is 0 Å². The van der Waals surface area contributed by atoms with Gasteiger partial charge < -0.3 is 0 Å². The zero-order chi connectivity index (χ0) is 7.02. The SMILES string of the molecule is Cc1c(I)nn(C)c1Cl. The fourth-order valence-corrected chi connectivity index (χ4v) is 1.44. The summed E-state index contributed by atoms with van der Waals surface area (Å²) in [6.07, 6.45) is 0. The lowest BCUT2D eigenvalue weighted by Crippen LogP contribution is -1.88. The van der Waals surface area contributed by atoms with Crippen molar-refractivity contribution in [3.05, 3.63) is 14.4 Å². The molecule has 0 N–H and O–H groups in total. The normalized spacial score (nSPS) is 10.2. The quantitative estimate of drug-likeness (QED) is 0.649. The molecular weight excluding hydrogens is 250 g/mol. The summed E-state index contributed by atoms with van der Waals surface area (Å²) in [5, 5.41) is 4.80. The van der Waals surface area contributed by atoms with Gasteiger partial charge in [0, 0.05) is 12.6 Å². The molecule has 50 valence electrons. The van der Waals surface area contributed by atoms with Gasteiger partial charge in [0.2, 0.25) is 0 Å². The van der Waals surface area contributed by atoms with Crippen molar-refractivity contribution >= 4 is 34.2 Å². The third-order valence-electron chi connectivity index (χ3n) is 1.14. The average molecular weight is 256 g/mol. The molecule has 1 aromatic heterocycles. The van der Waals surface area contributed by atoms with E-state index in [1.807, 2.05) is 14.0 Å². The Hall–Kier alpha value is 0.230. The molecule has 0 aliphatic carbocycles. The summed E-state index contributed by atoms with van der Waals surface area (Å²) in [7, 11) is 1.83. The van der Waals surface area contributed by atoms with E-state index in [0.29, 0.717) is 0 Å². The predicted octanol–water partition coefficient (Wildman–Crippen LogP) is 1.99. The maximum Gasteiger partial charge on any atom is 0.130 e. The van der Waals surface area contributed by atoms with E-state index in [-0.39, 0.29) is 0 Å². The minimum absolute atomic E-state index is 0.722.